The largest absolute Gasteiger partial charge is 0.496 e. The fourth-order valence-electron chi connectivity index (χ4n) is 6.35. The number of ether oxygens (including phenoxy) is 1. The molecule has 220 valence electrons. The Kier molecular flexibility index (Phi) is 7.88. The molecule has 2 aromatic carbocycles. The average Bonchev–Trinajstić information content (AvgIpc) is 3.64. The standard InChI is InChI=1S/C33H38FN5O3/c1-38-13-12-23(19-38)39(2)33(41)27-14-20(16-29(34)31(27)37-22-8-10-24(40)11-9-22)21-15-26-28(18-36-32(26)35-17-21)25-6-4-5-7-30(25)42-3/h4-7,14-18,22-24,37,40H,8-13,19H2,1-3H3,(H,35,36). The number of carbonyl (C=O) groups excluding carboxylic acids is 1. The number of aliphatic hydroxyl groups excluding tert-OH is 1. The van der Waals surface area contributed by atoms with Gasteiger partial charge < -0.3 is 29.9 Å². The summed E-state index contributed by atoms with van der Waals surface area (Å²) in [6.45, 7) is 1.70. The topological polar surface area (TPSA) is 93.7 Å². The van der Waals surface area contributed by atoms with E-state index in [0.29, 0.717) is 35.2 Å². The monoisotopic (exact) mass is 571 g/mol. The third kappa shape index (κ3) is 5.46. The minimum absolute atomic E-state index is 0.00972. The van der Waals surface area contributed by atoms with E-state index >= 15 is 4.39 Å². The van der Waals surface area contributed by atoms with E-state index in [-0.39, 0.29) is 29.8 Å². The maximum atomic E-state index is 16.1. The molecule has 2 aliphatic rings. The van der Waals surface area contributed by atoms with Crippen molar-refractivity contribution < 1.29 is 19.0 Å². The summed E-state index contributed by atoms with van der Waals surface area (Å²) in [5.74, 6) is 0.0619. The van der Waals surface area contributed by atoms with E-state index in [0.717, 1.165) is 54.6 Å². The Balaban J connectivity index is 1.41. The van der Waals surface area contributed by atoms with Gasteiger partial charge in [0.05, 0.1) is 24.5 Å². The van der Waals surface area contributed by atoms with E-state index in [1.165, 1.54) is 6.07 Å². The summed E-state index contributed by atoms with van der Waals surface area (Å²) in [5.41, 5.74) is 4.39. The first-order valence-electron chi connectivity index (χ1n) is 14.7. The molecule has 2 aromatic heterocycles. The van der Waals surface area contributed by atoms with Crippen molar-refractivity contribution in [2.24, 2.45) is 0 Å². The number of aliphatic hydroxyl groups is 1. The Morgan fingerprint density at radius 2 is 1.90 bits per heavy atom. The average molecular weight is 572 g/mol. The SMILES string of the molecule is COc1ccccc1-c1c[nH]c2ncc(-c3cc(F)c(NC4CCC(O)CC4)c(C(=O)N(C)C4CCN(C)C4)c3)cc12. The third-order valence-corrected chi connectivity index (χ3v) is 8.86. The number of nitrogens with zero attached hydrogens (tertiary/aromatic N) is 3. The number of likely N-dealkylation sites (tertiary alicyclic amines) is 1. The molecular formula is C33H38FN5O3. The van der Waals surface area contributed by atoms with E-state index in [9.17, 15) is 9.90 Å². The highest BCUT2D eigenvalue weighted by Crippen LogP contribution is 2.37. The number of aromatic nitrogens is 2. The van der Waals surface area contributed by atoms with Crippen LogP contribution < -0.4 is 10.1 Å². The lowest BCUT2D eigenvalue weighted by atomic mass is 9.92. The number of hydrogen-bond donors (Lipinski definition) is 3. The van der Waals surface area contributed by atoms with Crippen LogP contribution in [0.1, 0.15) is 42.5 Å². The molecule has 1 atom stereocenters. The molecule has 6 rings (SSSR count). The molecule has 1 saturated carbocycles. The minimum atomic E-state index is -0.474. The molecule has 3 N–H and O–H groups in total. The fraction of sp³-hybridized carbons (Fsp3) is 0.394. The van der Waals surface area contributed by atoms with Crippen LogP contribution in [0, 0.1) is 5.82 Å². The number of aromatic amines is 1. The van der Waals surface area contributed by atoms with Crippen LogP contribution in [0.2, 0.25) is 0 Å². The van der Waals surface area contributed by atoms with Crippen LogP contribution in [0.15, 0.2) is 54.9 Å². The molecular weight excluding hydrogens is 533 g/mol. The number of fused-ring (bicyclic) bond motifs is 1. The molecule has 1 unspecified atom stereocenters. The van der Waals surface area contributed by atoms with Gasteiger partial charge in [0.2, 0.25) is 0 Å². The first-order valence-corrected chi connectivity index (χ1v) is 14.7. The van der Waals surface area contributed by atoms with Gasteiger partial charge in [0.25, 0.3) is 5.91 Å². The Bertz CT molecular complexity index is 1600. The number of H-pyrrole nitrogens is 1. The molecule has 1 amide bonds. The van der Waals surface area contributed by atoms with Gasteiger partial charge in [-0.15, -0.1) is 0 Å². The van der Waals surface area contributed by atoms with Gasteiger partial charge in [0.1, 0.15) is 17.2 Å². The third-order valence-electron chi connectivity index (χ3n) is 8.86. The number of hydrogen-bond acceptors (Lipinski definition) is 6. The van der Waals surface area contributed by atoms with Gasteiger partial charge in [-0.2, -0.15) is 0 Å². The summed E-state index contributed by atoms with van der Waals surface area (Å²) < 4.78 is 21.6. The van der Waals surface area contributed by atoms with E-state index in [1.807, 2.05) is 50.6 Å². The normalized spacial score (nSPS) is 21.0. The van der Waals surface area contributed by atoms with Gasteiger partial charge in [-0.25, -0.2) is 9.37 Å². The zero-order valence-corrected chi connectivity index (χ0v) is 24.4. The molecule has 2 fully saturated rings. The smallest absolute Gasteiger partial charge is 0.256 e. The molecule has 0 spiro atoms. The number of methoxy groups -OCH3 is 1. The van der Waals surface area contributed by atoms with E-state index < -0.39 is 5.82 Å². The number of halogens is 1. The molecule has 1 saturated heterocycles. The molecule has 1 aliphatic heterocycles. The number of nitrogens with one attached hydrogen (secondary N) is 2. The zero-order valence-electron chi connectivity index (χ0n) is 24.4. The molecule has 9 heteroatoms. The number of para-hydroxylation sites is 1. The van der Waals surface area contributed by atoms with Crippen molar-refractivity contribution in [2.45, 2.75) is 50.3 Å². The molecule has 4 aromatic rings. The predicted octanol–water partition coefficient (Wildman–Crippen LogP) is 5.54. The maximum absolute atomic E-state index is 16.1. The first kappa shape index (κ1) is 28.2. The van der Waals surface area contributed by atoms with Crippen molar-refractivity contribution in [1.82, 2.24) is 19.8 Å². The lowest BCUT2D eigenvalue weighted by molar-refractivity contribution is 0.0737. The van der Waals surface area contributed by atoms with E-state index in [4.69, 9.17) is 4.74 Å². The molecule has 3 heterocycles. The van der Waals surface area contributed by atoms with Gasteiger partial charge in [-0.1, -0.05) is 18.2 Å². The van der Waals surface area contributed by atoms with Crippen molar-refractivity contribution in [1.29, 1.82) is 0 Å². The van der Waals surface area contributed by atoms with Crippen LogP contribution in [-0.2, 0) is 0 Å². The second kappa shape index (κ2) is 11.7. The molecule has 0 radical (unpaired) electrons. The van der Waals surface area contributed by atoms with Crippen LogP contribution >= 0.6 is 0 Å². The zero-order chi connectivity index (χ0) is 29.4. The number of pyridine rings is 1. The Labute approximate surface area is 245 Å². The van der Waals surface area contributed by atoms with Crippen molar-refractivity contribution in [3.8, 4) is 28.0 Å². The Morgan fingerprint density at radius 3 is 2.64 bits per heavy atom. The number of benzene rings is 2. The lowest BCUT2D eigenvalue weighted by Gasteiger charge is -2.30. The van der Waals surface area contributed by atoms with Crippen LogP contribution in [0.5, 0.6) is 5.75 Å². The summed E-state index contributed by atoms with van der Waals surface area (Å²) in [6.07, 6.45) is 6.92. The van der Waals surface area contributed by atoms with Gasteiger partial charge >= 0.3 is 0 Å². The fourth-order valence-corrected chi connectivity index (χ4v) is 6.35. The number of likely N-dealkylation sites (N-methyl/N-ethyl adjacent to an activating group) is 2. The number of rotatable bonds is 7. The van der Waals surface area contributed by atoms with Crippen molar-refractivity contribution >= 4 is 22.6 Å². The first-order chi connectivity index (χ1) is 20.3. The van der Waals surface area contributed by atoms with Crippen molar-refractivity contribution in [3.05, 3.63) is 66.2 Å². The van der Waals surface area contributed by atoms with Gasteiger partial charge in [0.15, 0.2) is 0 Å². The van der Waals surface area contributed by atoms with Crippen LogP contribution in [0.25, 0.3) is 33.3 Å². The number of carbonyl (C=O) groups is 1. The molecule has 1 aliphatic carbocycles. The molecule has 0 bridgehead atoms. The Hall–Kier alpha value is -3.95. The van der Waals surface area contributed by atoms with E-state index in [1.54, 1.807) is 24.3 Å². The van der Waals surface area contributed by atoms with Gasteiger partial charge in [0, 0.05) is 60.1 Å². The molecule has 42 heavy (non-hydrogen) atoms. The summed E-state index contributed by atoms with van der Waals surface area (Å²) in [7, 11) is 5.50. The summed E-state index contributed by atoms with van der Waals surface area (Å²) in [4.78, 5) is 25.8. The van der Waals surface area contributed by atoms with Crippen LogP contribution in [0.4, 0.5) is 10.1 Å². The highest BCUT2D eigenvalue weighted by Gasteiger charge is 2.30. The quantitative estimate of drug-likeness (QED) is 0.270. The number of anilines is 1. The Morgan fingerprint density at radius 1 is 1.12 bits per heavy atom. The van der Waals surface area contributed by atoms with Crippen LogP contribution in [0.3, 0.4) is 0 Å². The van der Waals surface area contributed by atoms with Crippen molar-refractivity contribution in [2.75, 3.05) is 39.6 Å². The predicted molar refractivity (Wildman–Crippen MR) is 163 cm³/mol. The summed E-state index contributed by atoms with van der Waals surface area (Å²) in [5, 5.41) is 14.2. The number of amides is 1. The minimum Gasteiger partial charge on any atom is -0.496 e. The second-order valence-corrected chi connectivity index (χ2v) is 11.7. The second-order valence-electron chi connectivity index (χ2n) is 11.7. The maximum Gasteiger partial charge on any atom is 0.256 e. The van der Waals surface area contributed by atoms with Crippen molar-refractivity contribution in [3.63, 3.8) is 0 Å². The summed E-state index contributed by atoms with van der Waals surface area (Å²) in [6, 6.07) is 13.1. The van der Waals surface area contributed by atoms with Crippen LogP contribution in [-0.4, -0.2) is 83.3 Å². The lowest BCUT2D eigenvalue weighted by Crippen LogP contribution is -2.39. The highest BCUT2D eigenvalue weighted by atomic mass is 19.1. The van der Waals surface area contributed by atoms with E-state index in [2.05, 4.69) is 20.2 Å². The van der Waals surface area contributed by atoms with Gasteiger partial charge in [-0.05, 0) is 75.5 Å². The summed E-state index contributed by atoms with van der Waals surface area (Å²) >= 11 is 0. The highest BCUT2D eigenvalue weighted by molar-refractivity contribution is 6.02. The molecule has 8 nitrogen and oxygen atoms in total. The van der Waals surface area contributed by atoms with Gasteiger partial charge in [-0.3, -0.25) is 4.79 Å².